The molecule has 0 spiro atoms. The number of hydrogen-bond donors (Lipinski definition) is 1. The molecule has 17 heavy (non-hydrogen) atoms. The minimum absolute atomic E-state index is 0.205. The van der Waals surface area contributed by atoms with Gasteiger partial charge in [0.05, 0.1) is 11.7 Å². The van der Waals surface area contributed by atoms with Gasteiger partial charge in [-0.3, -0.25) is 0 Å². The number of ether oxygens (including phenoxy) is 1. The lowest BCUT2D eigenvalue weighted by Gasteiger charge is -2.33. The van der Waals surface area contributed by atoms with Crippen molar-refractivity contribution in [3.05, 3.63) is 0 Å². The van der Waals surface area contributed by atoms with Gasteiger partial charge in [-0.15, -0.1) is 0 Å². The van der Waals surface area contributed by atoms with E-state index < -0.39 is 0 Å². The van der Waals surface area contributed by atoms with Crippen LogP contribution in [0.15, 0.2) is 0 Å². The Hall–Kier alpha value is -0.0800. The lowest BCUT2D eigenvalue weighted by atomic mass is 9.90. The standard InChI is InChI=1S/C15H30O2/c1-3-4-5-6-7-8-11-14(16)15(17-2)12-9-10-13-15/h14,16H,3-13H2,1-2H3. The lowest BCUT2D eigenvalue weighted by Crippen LogP contribution is -2.41. The van der Waals surface area contributed by atoms with Gasteiger partial charge in [0.15, 0.2) is 0 Å². The molecule has 0 saturated heterocycles. The van der Waals surface area contributed by atoms with Crippen molar-refractivity contribution in [2.24, 2.45) is 0 Å². The first-order valence-electron chi connectivity index (χ1n) is 7.48. The van der Waals surface area contributed by atoms with Crippen molar-refractivity contribution < 1.29 is 9.84 Å². The van der Waals surface area contributed by atoms with Crippen LogP contribution in [-0.4, -0.2) is 23.9 Å². The van der Waals surface area contributed by atoms with E-state index in [4.69, 9.17) is 4.74 Å². The Morgan fingerprint density at radius 3 is 2.24 bits per heavy atom. The second-order valence-electron chi connectivity index (χ2n) is 5.55. The Labute approximate surface area is 107 Å². The van der Waals surface area contributed by atoms with Crippen molar-refractivity contribution in [3.63, 3.8) is 0 Å². The summed E-state index contributed by atoms with van der Waals surface area (Å²) in [6.45, 7) is 2.24. The van der Waals surface area contributed by atoms with Gasteiger partial charge in [-0.2, -0.15) is 0 Å². The first-order valence-corrected chi connectivity index (χ1v) is 7.48. The van der Waals surface area contributed by atoms with Crippen LogP contribution in [0, 0.1) is 0 Å². The highest BCUT2D eigenvalue weighted by molar-refractivity contribution is 4.92. The predicted molar refractivity (Wildman–Crippen MR) is 72.2 cm³/mol. The summed E-state index contributed by atoms with van der Waals surface area (Å²) >= 11 is 0. The van der Waals surface area contributed by atoms with E-state index in [1.54, 1.807) is 7.11 Å². The number of rotatable bonds is 9. The van der Waals surface area contributed by atoms with Gasteiger partial charge < -0.3 is 9.84 Å². The fourth-order valence-corrected chi connectivity index (χ4v) is 3.03. The highest BCUT2D eigenvalue weighted by Gasteiger charge is 2.40. The third-order valence-electron chi connectivity index (χ3n) is 4.29. The summed E-state index contributed by atoms with van der Waals surface area (Å²) in [6, 6.07) is 0. The van der Waals surface area contributed by atoms with Crippen LogP contribution in [0.25, 0.3) is 0 Å². The molecule has 1 fully saturated rings. The van der Waals surface area contributed by atoms with Gasteiger partial charge in [-0.1, -0.05) is 58.3 Å². The average Bonchev–Trinajstić information content (AvgIpc) is 2.83. The zero-order valence-electron chi connectivity index (χ0n) is 11.7. The number of methoxy groups -OCH3 is 1. The van der Waals surface area contributed by atoms with Gasteiger partial charge >= 0.3 is 0 Å². The third kappa shape index (κ3) is 4.59. The van der Waals surface area contributed by atoms with Crippen molar-refractivity contribution in [2.45, 2.75) is 89.3 Å². The molecule has 0 amide bonds. The molecular formula is C15H30O2. The van der Waals surface area contributed by atoms with Crippen LogP contribution in [-0.2, 0) is 4.74 Å². The molecule has 1 unspecified atom stereocenters. The number of unbranched alkanes of at least 4 members (excludes halogenated alkanes) is 5. The highest BCUT2D eigenvalue weighted by Crippen LogP contribution is 2.37. The monoisotopic (exact) mass is 242 g/mol. The van der Waals surface area contributed by atoms with E-state index in [9.17, 15) is 5.11 Å². The topological polar surface area (TPSA) is 29.5 Å². The molecule has 1 N–H and O–H groups in total. The molecule has 0 aromatic rings. The summed E-state index contributed by atoms with van der Waals surface area (Å²) < 4.78 is 5.61. The second kappa shape index (κ2) is 8.10. The van der Waals surface area contributed by atoms with Gasteiger partial charge in [0.25, 0.3) is 0 Å². The summed E-state index contributed by atoms with van der Waals surface area (Å²) in [6.07, 6.45) is 12.9. The molecule has 1 aliphatic carbocycles. The van der Waals surface area contributed by atoms with Crippen LogP contribution >= 0.6 is 0 Å². The molecular weight excluding hydrogens is 212 g/mol. The van der Waals surface area contributed by atoms with Crippen LogP contribution in [0.2, 0.25) is 0 Å². The molecule has 0 bridgehead atoms. The van der Waals surface area contributed by atoms with E-state index in [2.05, 4.69) is 6.92 Å². The third-order valence-corrected chi connectivity index (χ3v) is 4.29. The lowest BCUT2D eigenvalue weighted by molar-refractivity contribution is -0.101. The number of aliphatic hydroxyl groups is 1. The first kappa shape index (κ1) is 15.0. The predicted octanol–water partition coefficient (Wildman–Crippen LogP) is 4.06. The highest BCUT2D eigenvalue weighted by atomic mass is 16.5. The minimum atomic E-state index is -0.249. The molecule has 1 atom stereocenters. The van der Waals surface area contributed by atoms with Gasteiger partial charge in [-0.25, -0.2) is 0 Å². The summed E-state index contributed by atoms with van der Waals surface area (Å²) in [5.41, 5.74) is -0.205. The largest absolute Gasteiger partial charge is 0.390 e. The van der Waals surface area contributed by atoms with Crippen molar-refractivity contribution in [1.29, 1.82) is 0 Å². The van der Waals surface area contributed by atoms with Crippen molar-refractivity contribution in [3.8, 4) is 0 Å². The van der Waals surface area contributed by atoms with E-state index >= 15 is 0 Å². The molecule has 0 heterocycles. The zero-order chi connectivity index (χ0) is 12.6. The minimum Gasteiger partial charge on any atom is -0.390 e. The fourth-order valence-electron chi connectivity index (χ4n) is 3.03. The normalized spacial score (nSPS) is 20.6. The van der Waals surface area contributed by atoms with Crippen molar-refractivity contribution >= 4 is 0 Å². The van der Waals surface area contributed by atoms with Crippen molar-refractivity contribution in [1.82, 2.24) is 0 Å². The van der Waals surface area contributed by atoms with Gasteiger partial charge in [-0.05, 0) is 19.3 Å². The Kier molecular flexibility index (Phi) is 7.14. The Bertz CT molecular complexity index is 185. The smallest absolute Gasteiger partial charge is 0.0936 e. The van der Waals surface area contributed by atoms with Crippen molar-refractivity contribution in [2.75, 3.05) is 7.11 Å². The average molecular weight is 242 g/mol. The van der Waals surface area contributed by atoms with Crippen LogP contribution in [0.5, 0.6) is 0 Å². The maximum atomic E-state index is 10.3. The number of aliphatic hydroxyl groups excluding tert-OH is 1. The molecule has 1 aliphatic rings. The molecule has 2 nitrogen and oxygen atoms in total. The van der Waals surface area contributed by atoms with Gasteiger partial charge in [0.2, 0.25) is 0 Å². The van der Waals surface area contributed by atoms with E-state index in [0.717, 1.165) is 25.7 Å². The second-order valence-corrected chi connectivity index (χ2v) is 5.55. The molecule has 1 rings (SSSR count). The van der Waals surface area contributed by atoms with E-state index in [-0.39, 0.29) is 11.7 Å². The van der Waals surface area contributed by atoms with Gasteiger partial charge in [0.1, 0.15) is 0 Å². The molecule has 0 aliphatic heterocycles. The van der Waals surface area contributed by atoms with Crippen LogP contribution < -0.4 is 0 Å². The van der Waals surface area contributed by atoms with Gasteiger partial charge in [0, 0.05) is 7.11 Å². The summed E-state index contributed by atoms with van der Waals surface area (Å²) in [7, 11) is 1.76. The van der Waals surface area contributed by atoms with Crippen LogP contribution in [0.3, 0.4) is 0 Å². The van der Waals surface area contributed by atoms with E-state index in [1.807, 2.05) is 0 Å². The molecule has 0 aromatic heterocycles. The Morgan fingerprint density at radius 1 is 1.06 bits per heavy atom. The maximum Gasteiger partial charge on any atom is 0.0936 e. The molecule has 102 valence electrons. The Morgan fingerprint density at radius 2 is 1.65 bits per heavy atom. The van der Waals surface area contributed by atoms with E-state index in [1.165, 1.54) is 44.9 Å². The SMILES string of the molecule is CCCCCCCCC(O)C1(OC)CCCC1. The summed E-state index contributed by atoms with van der Waals surface area (Å²) in [5, 5.41) is 10.3. The fraction of sp³-hybridized carbons (Fsp3) is 1.00. The summed E-state index contributed by atoms with van der Waals surface area (Å²) in [5.74, 6) is 0. The molecule has 0 aromatic carbocycles. The quantitative estimate of drug-likeness (QED) is 0.618. The molecule has 0 radical (unpaired) electrons. The van der Waals surface area contributed by atoms with Crippen LogP contribution in [0.4, 0.5) is 0 Å². The van der Waals surface area contributed by atoms with Crippen LogP contribution in [0.1, 0.15) is 77.6 Å². The van der Waals surface area contributed by atoms with E-state index in [0.29, 0.717) is 0 Å². The first-order chi connectivity index (χ1) is 8.25. The number of hydrogen-bond acceptors (Lipinski definition) is 2. The Balaban J connectivity index is 2.13. The summed E-state index contributed by atoms with van der Waals surface area (Å²) in [4.78, 5) is 0. The maximum absolute atomic E-state index is 10.3. The molecule has 1 saturated carbocycles. The zero-order valence-corrected chi connectivity index (χ0v) is 11.7. The molecule has 2 heteroatoms.